The molecule has 1 aromatic carbocycles. The smallest absolute Gasteiger partial charge is 0.146 e. The van der Waals surface area contributed by atoms with Crippen LogP contribution in [0.3, 0.4) is 0 Å². The Bertz CT molecular complexity index is 549. The predicted octanol–water partition coefficient (Wildman–Crippen LogP) is 2.89. The zero-order valence-electron chi connectivity index (χ0n) is 9.98. The first kappa shape index (κ1) is 12.4. The highest BCUT2D eigenvalue weighted by Crippen LogP contribution is 2.31. The van der Waals surface area contributed by atoms with E-state index >= 15 is 0 Å². The Labute approximate surface area is 110 Å². The number of rotatable bonds is 4. The summed E-state index contributed by atoms with van der Waals surface area (Å²) in [5.41, 5.74) is 0.771. The summed E-state index contributed by atoms with van der Waals surface area (Å²) in [5.74, 6) is 1.97. The minimum atomic E-state index is 0.375. The molecule has 0 spiro atoms. The summed E-state index contributed by atoms with van der Waals surface area (Å²) in [4.78, 5) is 7.87. The molecule has 0 fully saturated rings. The second kappa shape index (κ2) is 5.55. The fraction of sp³-hybridized carbons (Fsp3) is 0.167. The molecular weight excluding hydrogens is 254 g/mol. The van der Waals surface area contributed by atoms with E-state index in [4.69, 9.17) is 21.1 Å². The summed E-state index contributed by atoms with van der Waals surface area (Å²) in [6.07, 6.45) is 1.39. The fourth-order valence-electron chi connectivity index (χ4n) is 1.44. The van der Waals surface area contributed by atoms with Crippen LogP contribution < -0.4 is 14.8 Å². The van der Waals surface area contributed by atoms with Crippen LogP contribution in [0.1, 0.15) is 0 Å². The normalized spacial score (nSPS) is 9.94. The molecule has 0 atom stereocenters. The molecule has 18 heavy (non-hydrogen) atoms. The Kier molecular flexibility index (Phi) is 3.84. The van der Waals surface area contributed by atoms with Crippen LogP contribution >= 0.6 is 11.6 Å². The van der Waals surface area contributed by atoms with Gasteiger partial charge in [-0.3, -0.25) is 0 Å². The maximum atomic E-state index is 5.79. The number of benzene rings is 1. The van der Waals surface area contributed by atoms with E-state index < -0.39 is 0 Å². The van der Waals surface area contributed by atoms with Crippen LogP contribution in [-0.4, -0.2) is 24.2 Å². The molecule has 5 nitrogen and oxygen atoms in total. The Morgan fingerprint density at radius 2 is 1.94 bits per heavy atom. The molecule has 1 heterocycles. The van der Waals surface area contributed by atoms with E-state index in [-0.39, 0.29) is 0 Å². The number of hydrogen-bond donors (Lipinski definition) is 1. The Hall–Kier alpha value is -2.01. The molecule has 0 aliphatic carbocycles. The summed E-state index contributed by atoms with van der Waals surface area (Å²) in [6.45, 7) is 0. The monoisotopic (exact) mass is 265 g/mol. The van der Waals surface area contributed by atoms with Crippen LogP contribution in [0.4, 0.5) is 11.5 Å². The molecule has 0 amide bonds. The van der Waals surface area contributed by atoms with Crippen LogP contribution in [0.5, 0.6) is 11.5 Å². The van der Waals surface area contributed by atoms with Gasteiger partial charge in [0.15, 0.2) is 0 Å². The number of hydrogen-bond acceptors (Lipinski definition) is 5. The molecule has 0 radical (unpaired) electrons. The van der Waals surface area contributed by atoms with Gasteiger partial charge in [0.05, 0.1) is 19.9 Å². The lowest BCUT2D eigenvalue weighted by Gasteiger charge is -2.11. The third-order valence-corrected chi connectivity index (χ3v) is 2.51. The van der Waals surface area contributed by atoms with Crippen molar-refractivity contribution in [3.63, 3.8) is 0 Å². The Morgan fingerprint density at radius 3 is 2.61 bits per heavy atom. The standard InChI is InChI=1S/C12H12ClN3O2/c1-17-8-3-4-9(10(5-8)18-2)16-12-6-11(13)14-7-15-12/h3-7H,1-2H3,(H,14,15,16). The van der Waals surface area contributed by atoms with E-state index in [1.807, 2.05) is 12.1 Å². The average molecular weight is 266 g/mol. The quantitative estimate of drug-likeness (QED) is 0.862. The van der Waals surface area contributed by atoms with Gasteiger partial charge in [-0.1, -0.05) is 11.6 Å². The van der Waals surface area contributed by atoms with E-state index in [1.165, 1.54) is 6.33 Å². The van der Waals surface area contributed by atoms with Crippen LogP contribution in [0.2, 0.25) is 5.15 Å². The van der Waals surface area contributed by atoms with Gasteiger partial charge in [-0.2, -0.15) is 0 Å². The van der Waals surface area contributed by atoms with Crippen molar-refractivity contribution in [2.45, 2.75) is 0 Å². The van der Waals surface area contributed by atoms with E-state index in [9.17, 15) is 0 Å². The summed E-state index contributed by atoms with van der Waals surface area (Å²) in [7, 11) is 3.19. The molecule has 0 saturated carbocycles. The molecule has 2 aromatic rings. The van der Waals surface area contributed by atoms with Crippen LogP contribution in [0.25, 0.3) is 0 Å². The summed E-state index contributed by atoms with van der Waals surface area (Å²) in [6, 6.07) is 7.08. The molecule has 0 saturated heterocycles. The minimum Gasteiger partial charge on any atom is -0.497 e. The van der Waals surface area contributed by atoms with Crippen molar-refractivity contribution >= 4 is 23.1 Å². The first-order valence-electron chi connectivity index (χ1n) is 5.19. The molecule has 6 heteroatoms. The van der Waals surface area contributed by atoms with Gasteiger partial charge in [-0.15, -0.1) is 0 Å². The average Bonchev–Trinajstić information content (AvgIpc) is 2.39. The number of halogens is 1. The minimum absolute atomic E-state index is 0.375. The number of nitrogens with one attached hydrogen (secondary N) is 1. The van der Waals surface area contributed by atoms with Gasteiger partial charge in [0.1, 0.15) is 28.8 Å². The van der Waals surface area contributed by atoms with Crippen LogP contribution in [-0.2, 0) is 0 Å². The third-order valence-electron chi connectivity index (χ3n) is 2.31. The highest BCUT2D eigenvalue weighted by molar-refractivity contribution is 6.29. The van der Waals surface area contributed by atoms with Gasteiger partial charge >= 0.3 is 0 Å². The van der Waals surface area contributed by atoms with E-state index in [0.29, 0.717) is 16.7 Å². The van der Waals surface area contributed by atoms with Crippen molar-refractivity contribution in [1.82, 2.24) is 9.97 Å². The zero-order chi connectivity index (χ0) is 13.0. The van der Waals surface area contributed by atoms with E-state index in [0.717, 1.165) is 11.4 Å². The van der Waals surface area contributed by atoms with Crippen molar-refractivity contribution in [2.75, 3.05) is 19.5 Å². The highest BCUT2D eigenvalue weighted by Gasteiger charge is 2.06. The number of ether oxygens (including phenoxy) is 2. The van der Waals surface area contributed by atoms with Crippen molar-refractivity contribution in [2.24, 2.45) is 0 Å². The first-order valence-corrected chi connectivity index (χ1v) is 5.57. The number of nitrogens with zero attached hydrogens (tertiary/aromatic N) is 2. The fourth-order valence-corrected chi connectivity index (χ4v) is 1.59. The molecule has 1 N–H and O–H groups in total. The molecular formula is C12H12ClN3O2. The molecule has 0 aliphatic rings. The number of aromatic nitrogens is 2. The lowest BCUT2D eigenvalue weighted by atomic mass is 10.2. The largest absolute Gasteiger partial charge is 0.497 e. The van der Waals surface area contributed by atoms with Crippen molar-refractivity contribution in [1.29, 1.82) is 0 Å². The Balaban J connectivity index is 2.28. The molecule has 94 valence electrons. The van der Waals surface area contributed by atoms with E-state index in [1.54, 1.807) is 26.4 Å². The summed E-state index contributed by atoms with van der Waals surface area (Å²) in [5, 5.41) is 3.47. The number of methoxy groups -OCH3 is 2. The Morgan fingerprint density at radius 1 is 1.11 bits per heavy atom. The van der Waals surface area contributed by atoms with Gasteiger partial charge < -0.3 is 14.8 Å². The molecule has 0 aliphatic heterocycles. The number of anilines is 2. The van der Waals surface area contributed by atoms with Crippen molar-refractivity contribution in [3.8, 4) is 11.5 Å². The second-order valence-electron chi connectivity index (χ2n) is 3.42. The SMILES string of the molecule is COc1ccc(Nc2cc(Cl)ncn2)c(OC)c1. The summed E-state index contributed by atoms with van der Waals surface area (Å²) < 4.78 is 10.4. The maximum Gasteiger partial charge on any atom is 0.146 e. The lowest BCUT2D eigenvalue weighted by molar-refractivity contribution is 0.395. The summed E-state index contributed by atoms with van der Waals surface area (Å²) >= 11 is 5.79. The van der Waals surface area contributed by atoms with Gasteiger partial charge in [-0.05, 0) is 12.1 Å². The lowest BCUT2D eigenvalue weighted by Crippen LogP contribution is -1.97. The molecule has 0 bridgehead atoms. The van der Waals surface area contributed by atoms with Gasteiger partial charge in [0.25, 0.3) is 0 Å². The topological polar surface area (TPSA) is 56.3 Å². The van der Waals surface area contributed by atoms with Crippen molar-refractivity contribution < 1.29 is 9.47 Å². The zero-order valence-corrected chi connectivity index (χ0v) is 10.7. The third kappa shape index (κ3) is 2.81. The van der Waals surface area contributed by atoms with E-state index in [2.05, 4.69) is 15.3 Å². The molecule has 0 unspecified atom stereocenters. The first-order chi connectivity index (χ1) is 8.72. The highest BCUT2D eigenvalue weighted by atomic mass is 35.5. The van der Waals surface area contributed by atoms with Crippen LogP contribution in [0.15, 0.2) is 30.6 Å². The predicted molar refractivity (Wildman–Crippen MR) is 69.9 cm³/mol. The second-order valence-corrected chi connectivity index (χ2v) is 3.80. The molecule has 2 rings (SSSR count). The molecule has 1 aromatic heterocycles. The maximum absolute atomic E-state index is 5.79. The van der Waals surface area contributed by atoms with Gasteiger partial charge in [-0.25, -0.2) is 9.97 Å². The van der Waals surface area contributed by atoms with Gasteiger partial charge in [0, 0.05) is 12.1 Å². The van der Waals surface area contributed by atoms with Crippen LogP contribution in [0, 0.1) is 0 Å². The van der Waals surface area contributed by atoms with Gasteiger partial charge in [0.2, 0.25) is 0 Å². The van der Waals surface area contributed by atoms with Crippen molar-refractivity contribution in [3.05, 3.63) is 35.7 Å².